The number of aromatic nitrogens is 1. The van der Waals surface area contributed by atoms with E-state index in [1.54, 1.807) is 54.3 Å². The van der Waals surface area contributed by atoms with E-state index in [1.165, 1.54) is 13.2 Å². The molecule has 13 nitrogen and oxygen atoms in total. The fourth-order valence-electron chi connectivity index (χ4n) is 3.14. The Labute approximate surface area is 241 Å². The Morgan fingerprint density at radius 1 is 1.10 bits per heavy atom. The van der Waals surface area contributed by atoms with Crippen molar-refractivity contribution in [3.8, 4) is 12.8 Å². The molecule has 1 aromatic rings. The van der Waals surface area contributed by atoms with Crippen LogP contribution in [-0.2, 0) is 33.3 Å². The predicted octanol–water partition coefficient (Wildman–Crippen LogP) is 1.09. The summed E-state index contributed by atoms with van der Waals surface area (Å²) < 4.78 is 24.5. The molecule has 3 amide bonds. The molecule has 0 radical (unpaired) electrons. The topological polar surface area (TPSA) is 171 Å². The summed E-state index contributed by atoms with van der Waals surface area (Å²) in [5.41, 5.74) is -0.0906. The maximum Gasteiger partial charge on any atom is 0.274 e. The zero-order valence-corrected chi connectivity index (χ0v) is 25.0. The van der Waals surface area contributed by atoms with Gasteiger partial charge >= 0.3 is 0 Å². The minimum Gasteiger partial charge on any atom is -0.501 e. The molecule has 41 heavy (non-hydrogen) atoms. The molecule has 2 heterocycles. The lowest BCUT2D eigenvalue weighted by atomic mass is 9.95. The Bertz CT molecular complexity index is 1090. The van der Waals surface area contributed by atoms with Gasteiger partial charge in [0.25, 0.3) is 5.91 Å². The Morgan fingerprint density at radius 3 is 2.20 bits per heavy atom. The molecule has 0 bridgehead atoms. The van der Waals surface area contributed by atoms with Gasteiger partial charge in [-0.3, -0.25) is 19.2 Å². The summed E-state index contributed by atoms with van der Waals surface area (Å²) in [5, 5.41) is 11.2. The third-order valence-electron chi connectivity index (χ3n) is 5.44. The minimum atomic E-state index is -1.08. The van der Waals surface area contributed by atoms with Crippen molar-refractivity contribution >= 4 is 23.5 Å². The van der Waals surface area contributed by atoms with Crippen LogP contribution in [0.4, 0.5) is 0 Å². The molecule has 0 saturated carbocycles. The van der Waals surface area contributed by atoms with Crippen LogP contribution in [-0.4, -0.2) is 94.5 Å². The van der Waals surface area contributed by atoms with Gasteiger partial charge in [-0.1, -0.05) is 16.8 Å². The van der Waals surface area contributed by atoms with Crippen LogP contribution in [0.3, 0.4) is 0 Å². The number of terminal acetylenes is 1. The smallest absolute Gasteiger partial charge is 0.274 e. The van der Waals surface area contributed by atoms with E-state index in [4.69, 9.17) is 18.7 Å². The minimum absolute atomic E-state index is 0.00949. The van der Waals surface area contributed by atoms with Gasteiger partial charge in [0.2, 0.25) is 11.8 Å². The number of amides is 3. The van der Waals surface area contributed by atoms with E-state index in [0.29, 0.717) is 11.5 Å². The molecule has 2 rings (SSSR count). The first kappa shape index (κ1) is 37.0. The van der Waals surface area contributed by atoms with Gasteiger partial charge < -0.3 is 39.4 Å². The predicted molar refractivity (Wildman–Crippen MR) is 151 cm³/mol. The molecule has 0 unspecified atom stereocenters. The number of Topliss-reactive ketones (excluding diaryl/α,β-unsaturated/α-hetero) is 1. The van der Waals surface area contributed by atoms with Crippen LogP contribution in [0.2, 0.25) is 0 Å². The molecule has 0 aromatic carbocycles. The summed E-state index contributed by atoms with van der Waals surface area (Å²) in [6, 6.07) is -0.502. The number of hydrogen-bond acceptors (Lipinski definition) is 10. The van der Waals surface area contributed by atoms with Gasteiger partial charge in [-0.05, 0) is 40.2 Å². The van der Waals surface area contributed by atoms with Gasteiger partial charge in [-0.25, -0.2) is 0 Å². The van der Waals surface area contributed by atoms with Crippen molar-refractivity contribution in [2.75, 3.05) is 48.2 Å². The number of allylic oxidation sites excluding steroid dienone is 3. The van der Waals surface area contributed by atoms with Crippen LogP contribution in [0, 0.1) is 19.8 Å². The summed E-state index contributed by atoms with van der Waals surface area (Å²) in [7, 11) is 6.17. The number of carbonyl (C=O) groups is 4. The first-order chi connectivity index (χ1) is 19.4. The van der Waals surface area contributed by atoms with Crippen LogP contribution < -0.4 is 16.0 Å². The molecule has 1 fully saturated rings. The summed E-state index contributed by atoms with van der Waals surface area (Å²) in [4.78, 5) is 50.4. The first-order valence-electron chi connectivity index (χ1n) is 12.5. The zero-order chi connectivity index (χ0) is 31.6. The van der Waals surface area contributed by atoms with Crippen LogP contribution in [0.15, 0.2) is 34.1 Å². The number of rotatable bonds is 14. The molecule has 3 N–H and O–H groups in total. The van der Waals surface area contributed by atoms with E-state index in [1.807, 2.05) is 6.92 Å². The van der Waals surface area contributed by atoms with Crippen LogP contribution in [0.25, 0.3) is 0 Å². The number of methoxy groups -OCH3 is 3. The van der Waals surface area contributed by atoms with Crippen LogP contribution >= 0.6 is 0 Å². The van der Waals surface area contributed by atoms with Gasteiger partial charge in [0.15, 0.2) is 11.5 Å². The largest absolute Gasteiger partial charge is 0.501 e. The fourth-order valence-corrected chi connectivity index (χ4v) is 3.14. The lowest BCUT2D eigenvalue weighted by molar-refractivity contribution is -0.131. The average molecular weight is 579 g/mol. The molecular weight excluding hydrogens is 536 g/mol. The third kappa shape index (κ3) is 13.8. The molecule has 1 aromatic heterocycles. The molecule has 13 heteroatoms. The maximum absolute atomic E-state index is 12.9. The van der Waals surface area contributed by atoms with E-state index >= 15 is 0 Å². The van der Waals surface area contributed by atoms with E-state index in [-0.39, 0.29) is 31.1 Å². The number of ether oxygens (including phenoxy) is 4. The number of epoxide rings is 1. The fraction of sp³-hybridized carbons (Fsp3) is 0.536. The van der Waals surface area contributed by atoms with Crippen LogP contribution in [0.5, 0.6) is 0 Å². The second-order valence-corrected chi connectivity index (χ2v) is 9.13. The normalized spacial score (nSPS) is 17.3. The summed E-state index contributed by atoms with van der Waals surface area (Å²) >= 11 is 0. The third-order valence-corrected chi connectivity index (χ3v) is 5.44. The number of ketones is 1. The highest BCUT2D eigenvalue weighted by molar-refractivity contribution is 5.98. The van der Waals surface area contributed by atoms with Crippen molar-refractivity contribution in [3.05, 3.63) is 41.0 Å². The molecule has 228 valence electrons. The van der Waals surface area contributed by atoms with Crippen molar-refractivity contribution in [1.29, 1.82) is 0 Å². The van der Waals surface area contributed by atoms with Crippen LogP contribution in [0.1, 0.15) is 43.4 Å². The maximum atomic E-state index is 12.9. The Morgan fingerprint density at radius 2 is 1.71 bits per heavy atom. The second-order valence-electron chi connectivity index (χ2n) is 9.13. The number of aryl methyl sites for hydroxylation is 1. The van der Waals surface area contributed by atoms with Gasteiger partial charge in [-0.15, -0.1) is 12.8 Å². The molecule has 0 spiro atoms. The van der Waals surface area contributed by atoms with E-state index in [0.717, 1.165) is 5.57 Å². The Balaban J connectivity index is 0.00000299. The first-order valence-corrected chi connectivity index (χ1v) is 12.5. The summed E-state index contributed by atoms with van der Waals surface area (Å²) in [6.45, 7) is 6.66. The molecule has 1 aliphatic heterocycles. The molecule has 3 atom stereocenters. The monoisotopic (exact) mass is 578 g/mol. The van der Waals surface area contributed by atoms with Crippen molar-refractivity contribution in [2.45, 2.75) is 51.8 Å². The summed E-state index contributed by atoms with van der Waals surface area (Å²) in [6.07, 6.45) is 11.8. The highest BCUT2D eigenvalue weighted by Crippen LogP contribution is 2.29. The highest BCUT2D eigenvalue weighted by Gasteiger charge is 2.50. The number of nitrogens with one attached hydrogen (secondary N) is 3. The van der Waals surface area contributed by atoms with Gasteiger partial charge in [0, 0.05) is 27.4 Å². The number of hydrogen-bond donors (Lipinski definition) is 3. The molecule has 1 saturated heterocycles. The molecule has 0 aliphatic carbocycles. The van der Waals surface area contributed by atoms with Crippen molar-refractivity contribution in [2.24, 2.45) is 0 Å². The second kappa shape index (κ2) is 19.1. The van der Waals surface area contributed by atoms with Crippen molar-refractivity contribution in [3.63, 3.8) is 0 Å². The van der Waals surface area contributed by atoms with Crippen molar-refractivity contribution < 1.29 is 42.6 Å². The van der Waals surface area contributed by atoms with E-state index in [2.05, 4.69) is 38.7 Å². The number of carbonyl (C=O) groups excluding carboxylic acids is 4. The lowest BCUT2D eigenvalue weighted by Crippen LogP contribution is -2.53. The SMILES string of the molecule is C#C.COC.COC[C@H](NC(=O)c1cc(C)on1)C(=O)NCC(=O)N[C@@H](C/C(C)=C/C=C(\C)OC)C(=O)[C@@]1(C)CO1. The lowest BCUT2D eigenvalue weighted by Gasteiger charge is -2.21. The Kier molecular flexibility index (Phi) is 17.3. The quantitative estimate of drug-likeness (QED) is 0.126. The highest BCUT2D eigenvalue weighted by atomic mass is 16.6. The van der Waals surface area contributed by atoms with Gasteiger partial charge in [0.05, 0.1) is 38.7 Å². The van der Waals surface area contributed by atoms with Crippen molar-refractivity contribution in [1.82, 2.24) is 21.1 Å². The van der Waals surface area contributed by atoms with E-state index < -0.39 is 42.0 Å². The molecular formula is C28H42N4O9. The Hall–Kier alpha value is -3.99. The molecule has 1 aliphatic rings. The van der Waals surface area contributed by atoms with Gasteiger partial charge in [-0.2, -0.15) is 0 Å². The summed E-state index contributed by atoms with van der Waals surface area (Å²) in [5.74, 6) is -0.965. The average Bonchev–Trinajstić information content (AvgIpc) is 3.55. The zero-order valence-electron chi connectivity index (χ0n) is 25.0. The van der Waals surface area contributed by atoms with Gasteiger partial charge in [0.1, 0.15) is 17.4 Å². The van der Waals surface area contributed by atoms with E-state index in [9.17, 15) is 19.2 Å². The standard InChI is InChI=1S/C24H34N4O8.C2H6O.C2H2/c1-14(7-8-15(2)34-6)9-17(21(30)24(4)13-35-24)26-20(29)11-25-22(31)19(12-33-5)27-23(32)18-10-16(3)36-28-18;1-3-2;1-2/h7-8,10,17,19H,9,11-13H2,1-6H3,(H,25,31)(H,26,29)(H,27,32);1-2H3;1-2H/b14-7+,15-8+;;/t17-,19-,24+;;/m0../s1. The number of nitrogens with zero attached hydrogens (tertiary/aromatic N) is 1.